The first-order chi connectivity index (χ1) is 17.1. The fraction of sp³-hybridized carbons (Fsp3) is 0.618. The standard InChI is InChI=1S/C34H42N/c1-35(2)32-27-15-22-16-28(18-27)34(31(32)17-22,33-19-23-12-24(20-33)14-25(13-23)21-33)30-11-7-6-10-29(30)26-8-4-3-5-9-26/h3-11,22-25,27-28,32H,12-21H2,1-2H3. The highest BCUT2D eigenvalue weighted by Gasteiger charge is 2.72. The van der Waals surface area contributed by atoms with Gasteiger partial charge in [-0.25, -0.2) is 0 Å². The maximum Gasteiger partial charge on any atom is 0.0189 e. The molecule has 8 saturated carbocycles. The smallest absolute Gasteiger partial charge is 0.0189 e. The van der Waals surface area contributed by atoms with Crippen molar-refractivity contribution >= 4 is 0 Å². The second kappa shape index (κ2) is 7.47. The molecule has 0 heterocycles. The minimum Gasteiger partial charge on any atom is -0.306 e. The van der Waals surface area contributed by atoms with E-state index in [9.17, 15) is 0 Å². The van der Waals surface area contributed by atoms with Crippen molar-refractivity contribution in [2.24, 2.45) is 40.9 Å². The molecule has 0 N–H and O–H groups in total. The van der Waals surface area contributed by atoms with Crippen molar-refractivity contribution in [1.82, 2.24) is 4.90 Å². The topological polar surface area (TPSA) is 3.24 Å². The molecule has 2 aromatic carbocycles. The van der Waals surface area contributed by atoms with Crippen LogP contribution in [0, 0.1) is 46.8 Å². The molecule has 0 aliphatic heterocycles. The summed E-state index contributed by atoms with van der Waals surface area (Å²) in [5.74, 6) is 7.69. The lowest BCUT2D eigenvalue weighted by Crippen LogP contribution is -2.71. The van der Waals surface area contributed by atoms with E-state index in [1.165, 1.54) is 69.8 Å². The van der Waals surface area contributed by atoms with E-state index in [1.807, 2.05) is 5.92 Å². The van der Waals surface area contributed by atoms with Gasteiger partial charge in [-0.15, -0.1) is 0 Å². The lowest BCUT2D eigenvalue weighted by molar-refractivity contribution is -0.160. The Bertz CT molecular complexity index is 1080. The SMILES string of the molecule is CN(C)C1[C]2CC3CC1CC(C3)C2(c1ccccc1-c1ccccc1)C12CC3CC(CC(C3)C1)C2. The Morgan fingerprint density at radius 2 is 1.34 bits per heavy atom. The number of rotatable bonds is 4. The summed E-state index contributed by atoms with van der Waals surface area (Å²) in [5, 5.41) is 0. The Hall–Kier alpha value is -1.60. The monoisotopic (exact) mass is 464 g/mol. The van der Waals surface area contributed by atoms with E-state index in [-0.39, 0.29) is 5.41 Å². The van der Waals surface area contributed by atoms with Crippen LogP contribution in [0.1, 0.15) is 69.8 Å². The van der Waals surface area contributed by atoms with Gasteiger partial charge < -0.3 is 4.90 Å². The zero-order valence-corrected chi connectivity index (χ0v) is 21.8. The summed E-state index contributed by atoms with van der Waals surface area (Å²) in [6, 6.07) is 21.9. The number of nitrogens with zero attached hydrogens (tertiary/aromatic N) is 1. The molecule has 8 fully saturated rings. The van der Waals surface area contributed by atoms with E-state index in [4.69, 9.17) is 0 Å². The van der Waals surface area contributed by atoms with Crippen LogP contribution in [0.2, 0.25) is 0 Å². The van der Waals surface area contributed by atoms with Gasteiger partial charge in [0.05, 0.1) is 0 Å². The van der Waals surface area contributed by atoms with Gasteiger partial charge in [-0.3, -0.25) is 0 Å². The van der Waals surface area contributed by atoms with Crippen LogP contribution in [0.3, 0.4) is 0 Å². The zero-order valence-electron chi connectivity index (χ0n) is 21.8. The predicted octanol–water partition coefficient (Wildman–Crippen LogP) is 7.76. The molecule has 0 spiro atoms. The van der Waals surface area contributed by atoms with E-state index in [0.717, 1.165) is 35.5 Å². The second-order valence-electron chi connectivity index (χ2n) is 14.1. The van der Waals surface area contributed by atoms with Gasteiger partial charge in [0.2, 0.25) is 0 Å². The van der Waals surface area contributed by atoms with Crippen molar-refractivity contribution < 1.29 is 0 Å². The predicted molar refractivity (Wildman–Crippen MR) is 144 cm³/mol. The van der Waals surface area contributed by atoms with Crippen LogP contribution in [-0.4, -0.2) is 25.0 Å². The molecule has 0 amide bonds. The number of hydrogen-bond acceptors (Lipinski definition) is 1. The third-order valence-electron chi connectivity index (χ3n) is 12.1. The van der Waals surface area contributed by atoms with Crippen molar-refractivity contribution in [3.05, 3.63) is 66.1 Å². The van der Waals surface area contributed by atoms with E-state index in [0.29, 0.717) is 11.5 Å². The third-order valence-corrected chi connectivity index (χ3v) is 12.1. The van der Waals surface area contributed by atoms with E-state index in [2.05, 4.69) is 73.6 Å². The molecule has 10 rings (SSSR count). The number of hydrogen-bond donors (Lipinski definition) is 0. The fourth-order valence-electron chi connectivity index (χ4n) is 12.1. The second-order valence-corrected chi connectivity index (χ2v) is 14.1. The molecule has 0 aromatic heterocycles. The molecule has 8 aliphatic rings. The highest BCUT2D eigenvalue weighted by atomic mass is 15.1. The molecule has 35 heavy (non-hydrogen) atoms. The normalized spacial score (nSPS) is 45.5. The highest BCUT2D eigenvalue weighted by molar-refractivity contribution is 5.71. The first-order valence-electron chi connectivity index (χ1n) is 14.7. The molecule has 183 valence electrons. The summed E-state index contributed by atoms with van der Waals surface area (Å²) < 4.78 is 0. The molecule has 1 heteroatoms. The largest absolute Gasteiger partial charge is 0.306 e. The number of benzene rings is 2. The Morgan fingerprint density at radius 1 is 0.686 bits per heavy atom. The maximum absolute atomic E-state index is 2.65. The Balaban J connectivity index is 1.41. The van der Waals surface area contributed by atoms with Crippen molar-refractivity contribution in [1.29, 1.82) is 0 Å². The molecule has 0 saturated heterocycles. The molecule has 1 nitrogen and oxygen atoms in total. The van der Waals surface area contributed by atoms with Crippen molar-refractivity contribution in [2.45, 2.75) is 75.7 Å². The van der Waals surface area contributed by atoms with Gasteiger partial charge in [0, 0.05) is 17.4 Å². The van der Waals surface area contributed by atoms with Crippen LogP contribution < -0.4 is 0 Å². The molecule has 5 unspecified atom stereocenters. The molecule has 2 aromatic rings. The molecule has 8 aliphatic carbocycles. The van der Waals surface area contributed by atoms with Gasteiger partial charge in [-0.2, -0.15) is 0 Å². The lowest BCUT2D eigenvalue weighted by atomic mass is 9.30. The first kappa shape index (κ1) is 21.5. The minimum atomic E-state index is 0.276. The Labute approximate surface area is 212 Å². The average Bonchev–Trinajstić information content (AvgIpc) is 2.83. The summed E-state index contributed by atoms with van der Waals surface area (Å²) in [6.07, 6.45) is 15.0. The lowest BCUT2D eigenvalue weighted by Gasteiger charge is -2.74. The van der Waals surface area contributed by atoms with Crippen LogP contribution in [0.25, 0.3) is 11.1 Å². The summed E-state index contributed by atoms with van der Waals surface area (Å²) in [5.41, 5.74) is 5.48. The summed E-state index contributed by atoms with van der Waals surface area (Å²) in [4.78, 5) is 2.65. The van der Waals surface area contributed by atoms with E-state index < -0.39 is 0 Å². The molecular weight excluding hydrogens is 422 g/mol. The fourth-order valence-corrected chi connectivity index (χ4v) is 12.1. The van der Waals surface area contributed by atoms with Crippen LogP contribution in [0.4, 0.5) is 0 Å². The average molecular weight is 465 g/mol. The summed E-state index contributed by atoms with van der Waals surface area (Å²) in [7, 11) is 4.79. The molecular formula is C34H42N. The van der Waals surface area contributed by atoms with Crippen molar-refractivity contribution in [3.8, 4) is 11.1 Å². The van der Waals surface area contributed by atoms with Gasteiger partial charge in [-0.1, -0.05) is 54.6 Å². The summed E-state index contributed by atoms with van der Waals surface area (Å²) in [6.45, 7) is 0. The molecule has 5 atom stereocenters. The van der Waals surface area contributed by atoms with Crippen molar-refractivity contribution in [3.63, 3.8) is 0 Å². The highest BCUT2D eigenvalue weighted by Crippen LogP contribution is 2.77. The van der Waals surface area contributed by atoms with Gasteiger partial charge in [0.15, 0.2) is 0 Å². The minimum absolute atomic E-state index is 0.276. The van der Waals surface area contributed by atoms with Crippen LogP contribution in [0.5, 0.6) is 0 Å². The van der Waals surface area contributed by atoms with E-state index >= 15 is 0 Å². The third kappa shape index (κ3) is 2.80. The molecule has 8 bridgehead atoms. The van der Waals surface area contributed by atoms with Crippen LogP contribution in [-0.2, 0) is 5.41 Å². The summed E-state index contributed by atoms with van der Waals surface area (Å²) >= 11 is 0. The van der Waals surface area contributed by atoms with Gasteiger partial charge in [-0.05, 0) is 136 Å². The zero-order chi connectivity index (χ0) is 23.4. The van der Waals surface area contributed by atoms with Crippen LogP contribution >= 0.6 is 0 Å². The molecule has 1 radical (unpaired) electrons. The van der Waals surface area contributed by atoms with Gasteiger partial charge in [0.25, 0.3) is 0 Å². The quantitative estimate of drug-likeness (QED) is 0.447. The first-order valence-corrected chi connectivity index (χ1v) is 14.7. The van der Waals surface area contributed by atoms with Crippen molar-refractivity contribution in [2.75, 3.05) is 14.1 Å². The maximum atomic E-state index is 2.65. The van der Waals surface area contributed by atoms with E-state index in [1.54, 1.807) is 11.1 Å². The van der Waals surface area contributed by atoms with Gasteiger partial charge in [0.1, 0.15) is 0 Å². The Kier molecular flexibility index (Phi) is 4.58. The van der Waals surface area contributed by atoms with Gasteiger partial charge >= 0.3 is 0 Å². The Morgan fingerprint density at radius 3 is 2.03 bits per heavy atom. The van der Waals surface area contributed by atoms with Crippen LogP contribution in [0.15, 0.2) is 54.6 Å².